The predicted octanol–water partition coefficient (Wildman–Crippen LogP) is 3.69. The average Bonchev–Trinajstić information content (AvgIpc) is 2.65. The third-order valence-electron chi connectivity index (χ3n) is 3.85. The maximum absolute atomic E-state index is 12.0. The van der Waals surface area contributed by atoms with Crippen molar-refractivity contribution >= 4 is 11.9 Å². The first-order valence-electron chi connectivity index (χ1n) is 8.45. The second kappa shape index (κ2) is 9.79. The van der Waals surface area contributed by atoms with Crippen molar-refractivity contribution in [2.75, 3.05) is 6.61 Å². The zero-order valence-corrected chi connectivity index (χ0v) is 14.7. The molecule has 1 aromatic rings. The minimum atomic E-state index is -0.520. The first-order chi connectivity index (χ1) is 12.1. The topological polar surface area (TPSA) is 61.8 Å². The molecule has 134 valence electrons. The quantitative estimate of drug-likeness (QED) is 0.447. The van der Waals surface area contributed by atoms with Gasteiger partial charge in [-0.2, -0.15) is 0 Å². The van der Waals surface area contributed by atoms with Gasteiger partial charge in [-0.25, -0.2) is 9.59 Å². The van der Waals surface area contributed by atoms with Gasteiger partial charge < -0.3 is 14.2 Å². The smallest absolute Gasteiger partial charge is 0.338 e. The predicted molar refractivity (Wildman–Crippen MR) is 93.4 cm³/mol. The highest BCUT2D eigenvalue weighted by molar-refractivity contribution is 5.90. The summed E-state index contributed by atoms with van der Waals surface area (Å²) in [4.78, 5) is 23.9. The molecule has 0 N–H and O–H groups in total. The first kappa shape index (κ1) is 18.9. The van der Waals surface area contributed by atoms with Crippen LogP contribution < -0.4 is 0 Å². The van der Waals surface area contributed by atoms with Gasteiger partial charge in [-0.3, -0.25) is 0 Å². The second-order valence-electron chi connectivity index (χ2n) is 6.02. The van der Waals surface area contributed by atoms with Gasteiger partial charge in [-0.1, -0.05) is 30.3 Å². The van der Waals surface area contributed by atoms with Gasteiger partial charge in [0.25, 0.3) is 0 Å². The summed E-state index contributed by atoms with van der Waals surface area (Å²) in [7, 11) is 0. The molecular formula is C20H24O5. The van der Waals surface area contributed by atoms with Crippen LogP contribution in [-0.4, -0.2) is 24.6 Å². The van der Waals surface area contributed by atoms with E-state index in [9.17, 15) is 9.59 Å². The number of hydrogen-bond donors (Lipinski definition) is 0. The van der Waals surface area contributed by atoms with Crippen molar-refractivity contribution in [1.29, 1.82) is 0 Å². The highest BCUT2D eigenvalue weighted by atomic mass is 16.5. The van der Waals surface area contributed by atoms with E-state index in [-0.39, 0.29) is 18.3 Å². The standard InChI is InChI=1S/C20H24O5/c1-15(12-18-10-6-7-11-23-18)19(21)24-13-16(2)20(22)25-14-17-8-4-3-5-9-17/h3-5,8-9,12-13,18H,6-7,10-11,14H2,1-2H3/b15-12+,16-13+. The molecule has 1 saturated heterocycles. The Bertz CT molecular complexity index is 639. The Balaban J connectivity index is 1.81. The summed E-state index contributed by atoms with van der Waals surface area (Å²) >= 11 is 0. The fourth-order valence-electron chi connectivity index (χ4n) is 2.36. The van der Waals surface area contributed by atoms with Crippen molar-refractivity contribution in [2.45, 2.75) is 45.8 Å². The van der Waals surface area contributed by atoms with E-state index in [0.717, 1.165) is 37.7 Å². The largest absolute Gasteiger partial charge is 0.457 e. The number of esters is 2. The van der Waals surface area contributed by atoms with E-state index < -0.39 is 11.9 Å². The molecule has 1 aromatic carbocycles. The van der Waals surface area contributed by atoms with Crippen LogP contribution in [0.1, 0.15) is 38.7 Å². The third-order valence-corrected chi connectivity index (χ3v) is 3.85. The number of hydrogen-bond acceptors (Lipinski definition) is 5. The SMILES string of the molecule is C/C(=C\C1CCCCO1)C(=O)O/C=C(\C)C(=O)OCc1ccccc1. The van der Waals surface area contributed by atoms with E-state index in [0.29, 0.717) is 5.57 Å². The molecule has 1 atom stereocenters. The molecule has 5 heteroatoms. The Morgan fingerprint density at radius 2 is 1.88 bits per heavy atom. The van der Waals surface area contributed by atoms with E-state index in [1.54, 1.807) is 19.9 Å². The summed E-state index contributed by atoms with van der Waals surface area (Å²) in [6, 6.07) is 9.38. The minimum absolute atomic E-state index is 0.0396. The lowest BCUT2D eigenvalue weighted by atomic mass is 10.1. The minimum Gasteiger partial charge on any atom is -0.457 e. The van der Waals surface area contributed by atoms with Crippen LogP contribution in [0.25, 0.3) is 0 Å². The molecule has 1 aliphatic heterocycles. The first-order valence-corrected chi connectivity index (χ1v) is 8.45. The summed E-state index contributed by atoms with van der Waals surface area (Å²) in [5, 5.41) is 0. The van der Waals surface area contributed by atoms with E-state index >= 15 is 0 Å². The molecular weight excluding hydrogens is 320 g/mol. The highest BCUT2D eigenvalue weighted by Gasteiger charge is 2.15. The molecule has 0 bridgehead atoms. The summed E-state index contributed by atoms with van der Waals surface area (Å²) in [6.45, 7) is 4.12. The van der Waals surface area contributed by atoms with Crippen LogP contribution in [0.2, 0.25) is 0 Å². The molecule has 0 spiro atoms. The van der Waals surface area contributed by atoms with Gasteiger partial charge in [-0.15, -0.1) is 0 Å². The number of carbonyl (C=O) groups is 2. The lowest BCUT2D eigenvalue weighted by molar-refractivity contribution is -0.140. The molecule has 0 amide bonds. The lowest BCUT2D eigenvalue weighted by Crippen LogP contribution is -2.18. The molecule has 1 unspecified atom stereocenters. The molecule has 1 heterocycles. The Morgan fingerprint density at radius 1 is 1.12 bits per heavy atom. The van der Waals surface area contributed by atoms with Crippen molar-refractivity contribution in [3.05, 3.63) is 59.4 Å². The van der Waals surface area contributed by atoms with Gasteiger partial charge in [-0.05, 0) is 44.7 Å². The Kier molecular flexibility index (Phi) is 7.41. The maximum atomic E-state index is 12.0. The molecule has 5 nitrogen and oxygen atoms in total. The van der Waals surface area contributed by atoms with Gasteiger partial charge >= 0.3 is 11.9 Å². The van der Waals surface area contributed by atoms with Crippen LogP contribution in [0, 0.1) is 0 Å². The Hall–Kier alpha value is -2.40. The summed E-state index contributed by atoms with van der Waals surface area (Å²) in [5.41, 5.74) is 1.59. The Morgan fingerprint density at radius 3 is 2.56 bits per heavy atom. The van der Waals surface area contributed by atoms with Crippen LogP contribution in [0.4, 0.5) is 0 Å². The van der Waals surface area contributed by atoms with E-state index in [1.807, 2.05) is 30.3 Å². The zero-order valence-electron chi connectivity index (χ0n) is 14.7. The van der Waals surface area contributed by atoms with Crippen LogP contribution in [0.3, 0.4) is 0 Å². The number of carbonyl (C=O) groups excluding carboxylic acids is 2. The van der Waals surface area contributed by atoms with Crippen LogP contribution >= 0.6 is 0 Å². The van der Waals surface area contributed by atoms with E-state index in [2.05, 4.69) is 0 Å². The maximum Gasteiger partial charge on any atom is 0.338 e. The fourth-order valence-corrected chi connectivity index (χ4v) is 2.36. The molecule has 0 saturated carbocycles. The molecule has 0 aromatic heterocycles. The lowest BCUT2D eigenvalue weighted by Gasteiger charge is -2.19. The van der Waals surface area contributed by atoms with Crippen molar-refractivity contribution in [3.63, 3.8) is 0 Å². The van der Waals surface area contributed by atoms with Crippen LogP contribution in [0.15, 0.2) is 53.8 Å². The molecule has 1 aliphatic rings. The molecule has 1 fully saturated rings. The normalized spacial score (nSPS) is 18.6. The molecule has 25 heavy (non-hydrogen) atoms. The van der Waals surface area contributed by atoms with Gasteiger partial charge in [0.1, 0.15) is 12.9 Å². The van der Waals surface area contributed by atoms with Crippen molar-refractivity contribution in [2.24, 2.45) is 0 Å². The van der Waals surface area contributed by atoms with E-state index in [1.165, 1.54) is 0 Å². The van der Waals surface area contributed by atoms with Gasteiger partial charge in [0.2, 0.25) is 0 Å². The molecule has 2 rings (SSSR count). The molecule has 0 radical (unpaired) electrons. The van der Waals surface area contributed by atoms with Crippen molar-refractivity contribution < 1.29 is 23.8 Å². The Labute approximate surface area is 148 Å². The van der Waals surface area contributed by atoms with Crippen LogP contribution in [0.5, 0.6) is 0 Å². The van der Waals surface area contributed by atoms with Gasteiger partial charge in [0.15, 0.2) is 0 Å². The third kappa shape index (κ3) is 6.55. The summed E-state index contributed by atoms with van der Waals surface area (Å²) < 4.78 is 15.8. The highest BCUT2D eigenvalue weighted by Crippen LogP contribution is 2.15. The summed E-state index contributed by atoms with van der Waals surface area (Å²) in [5.74, 6) is -1.02. The van der Waals surface area contributed by atoms with E-state index in [4.69, 9.17) is 14.2 Å². The summed E-state index contributed by atoms with van der Waals surface area (Å²) in [6.07, 6.45) is 5.93. The molecule has 0 aliphatic carbocycles. The van der Waals surface area contributed by atoms with Gasteiger partial charge in [0.05, 0.1) is 11.7 Å². The monoisotopic (exact) mass is 344 g/mol. The zero-order chi connectivity index (χ0) is 18.1. The second-order valence-corrected chi connectivity index (χ2v) is 6.02. The van der Waals surface area contributed by atoms with Crippen LogP contribution in [-0.2, 0) is 30.4 Å². The van der Waals surface area contributed by atoms with Crippen molar-refractivity contribution in [3.8, 4) is 0 Å². The number of ether oxygens (including phenoxy) is 3. The fraction of sp³-hybridized carbons (Fsp3) is 0.400. The number of rotatable bonds is 6. The van der Waals surface area contributed by atoms with Gasteiger partial charge in [0, 0.05) is 12.2 Å². The number of benzene rings is 1. The average molecular weight is 344 g/mol. The van der Waals surface area contributed by atoms with Crippen molar-refractivity contribution in [1.82, 2.24) is 0 Å².